The van der Waals surface area contributed by atoms with Crippen molar-refractivity contribution in [2.24, 2.45) is 13.0 Å². The SMILES string of the molecule is CC(C)[C@@H](CO)Nc1c(N)n(C)c(=O)[nH]c1=O. The van der Waals surface area contributed by atoms with E-state index in [1.165, 1.54) is 7.05 Å². The van der Waals surface area contributed by atoms with Gasteiger partial charge in [-0.3, -0.25) is 14.3 Å². The number of hydrogen-bond acceptors (Lipinski definition) is 5. The predicted molar refractivity (Wildman–Crippen MR) is 66.1 cm³/mol. The smallest absolute Gasteiger partial charge is 0.329 e. The molecule has 0 aromatic carbocycles. The number of nitrogens with two attached hydrogens (primary N) is 1. The lowest BCUT2D eigenvalue weighted by Gasteiger charge is -2.21. The minimum absolute atomic E-state index is 0.0536. The van der Waals surface area contributed by atoms with Crippen molar-refractivity contribution in [1.82, 2.24) is 9.55 Å². The van der Waals surface area contributed by atoms with Crippen LogP contribution in [0.2, 0.25) is 0 Å². The Hall–Kier alpha value is -1.76. The van der Waals surface area contributed by atoms with E-state index in [1.54, 1.807) is 0 Å². The molecule has 0 fully saturated rings. The highest BCUT2D eigenvalue weighted by Gasteiger charge is 2.17. The van der Waals surface area contributed by atoms with Gasteiger partial charge in [-0.05, 0) is 5.92 Å². The summed E-state index contributed by atoms with van der Waals surface area (Å²) in [5, 5.41) is 12.0. The first-order valence-corrected chi connectivity index (χ1v) is 5.34. The summed E-state index contributed by atoms with van der Waals surface area (Å²) >= 11 is 0. The molecule has 96 valence electrons. The summed E-state index contributed by atoms with van der Waals surface area (Å²) in [6.45, 7) is 3.68. The van der Waals surface area contributed by atoms with Gasteiger partial charge in [0.05, 0.1) is 12.6 Å². The number of aromatic amines is 1. The summed E-state index contributed by atoms with van der Waals surface area (Å²) in [6, 6.07) is -0.295. The van der Waals surface area contributed by atoms with E-state index < -0.39 is 11.2 Å². The Bertz CT molecular complexity index is 503. The van der Waals surface area contributed by atoms with Crippen LogP contribution >= 0.6 is 0 Å². The molecular weight excluding hydrogens is 224 g/mol. The standard InChI is InChI=1S/C10H18N4O3/c1-5(2)6(4-15)12-7-8(11)14(3)10(17)13-9(7)16/h5-6,12,15H,4,11H2,1-3H3,(H,13,16,17)/t6-/m1/s1. The fourth-order valence-electron chi connectivity index (χ4n) is 1.38. The Kier molecular flexibility index (Phi) is 3.95. The maximum absolute atomic E-state index is 11.6. The molecule has 1 aromatic rings. The molecule has 0 aliphatic carbocycles. The third-order valence-electron chi connectivity index (χ3n) is 2.70. The topological polar surface area (TPSA) is 113 Å². The lowest BCUT2D eigenvalue weighted by Crippen LogP contribution is -2.37. The van der Waals surface area contributed by atoms with Crippen molar-refractivity contribution in [3.05, 3.63) is 20.8 Å². The zero-order valence-corrected chi connectivity index (χ0v) is 10.2. The fraction of sp³-hybridized carbons (Fsp3) is 0.600. The minimum Gasteiger partial charge on any atom is -0.394 e. The zero-order valence-electron chi connectivity index (χ0n) is 10.2. The molecule has 17 heavy (non-hydrogen) atoms. The Labute approximate surface area is 98.3 Å². The van der Waals surface area contributed by atoms with E-state index in [-0.39, 0.29) is 30.1 Å². The highest BCUT2D eigenvalue weighted by Crippen LogP contribution is 2.13. The average Bonchev–Trinajstić information content (AvgIpc) is 2.26. The van der Waals surface area contributed by atoms with Gasteiger partial charge in [-0.15, -0.1) is 0 Å². The molecule has 0 amide bonds. The molecule has 0 radical (unpaired) electrons. The number of hydrogen-bond donors (Lipinski definition) is 4. The maximum Gasteiger partial charge on any atom is 0.329 e. The third-order valence-corrected chi connectivity index (χ3v) is 2.70. The van der Waals surface area contributed by atoms with E-state index in [1.807, 2.05) is 13.8 Å². The second-order valence-electron chi connectivity index (χ2n) is 4.26. The molecule has 0 saturated carbocycles. The van der Waals surface area contributed by atoms with Crippen molar-refractivity contribution in [3.63, 3.8) is 0 Å². The molecule has 1 heterocycles. The van der Waals surface area contributed by atoms with Crippen LogP contribution in [0.5, 0.6) is 0 Å². The van der Waals surface area contributed by atoms with Crippen LogP contribution in [0.1, 0.15) is 13.8 Å². The molecule has 0 unspecified atom stereocenters. The number of nitrogens with zero attached hydrogens (tertiary/aromatic N) is 1. The molecule has 0 aliphatic rings. The Morgan fingerprint density at radius 3 is 2.53 bits per heavy atom. The average molecular weight is 242 g/mol. The van der Waals surface area contributed by atoms with Crippen molar-refractivity contribution in [1.29, 1.82) is 0 Å². The van der Waals surface area contributed by atoms with Crippen LogP contribution in [-0.4, -0.2) is 27.3 Å². The lowest BCUT2D eigenvalue weighted by atomic mass is 10.1. The lowest BCUT2D eigenvalue weighted by molar-refractivity contribution is 0.249. The molecule has 7 heteroatoms. The van der Waals surface area contributed by atoms with Gasteiger partial charge in [0, 0.05) is 7.05 Å². The van der Waals surface area contributed by atoms with Crippen LogP contribution < -0.4 is 22.3 Å². The van der Waals surface area contributed by atoms with Gasteiger partial charge in [-0.25, -0.2) is 4.79 Å². The second-order valence-corrected chi connectivity index (χ2v) is 4.26. The molecule has 0 spiro atoms. The van der Waals surface area contributed by atoms with Crippen molar-refractivity contribution in [2.75, 3.05) is 17.7 Å². The quantitative estimate of drug-likeness (QED) is 0.545. The van der Waals surface area contributed by atoms with Crippen molar-refractivity contribution >= 4 is 11.5 Å². The molecular formula is C10H18N4O3. The van der Waals surface area contributed by atoms with Gasteiger partial charge in [0.2, 0.25) is 0 Å². The van der Waals surface area contributed by atoms with Gasteiger partial charge in [0.25, 0.3) is 5.56 Å². The van der Waals surface area contributed by atoms with Crippen LogP contribution in [0.15, 0.2) is 9.59 Å². The van der Waals surface area contributed by atoms with Crippen LogP contribution in [0, 0.1) is 5.92 Å². The van der Waals surface area contributed by atoms with Crippen LogP contribution in [0.25, 0.3) is 0 Å². The Morgan fingerprint density at radius 2 is 2.06 bits per heavy atom. The first-order valence-electron chi connectivity index (χ1n) is 5.34. The second kappa shape index (κ2) is 5.05. The number of aliphatic hydroxyl groups excluding tert-OH is 1. The van der Waals surface area contributed by atoms with E-state index in [0.717, 1.165) is 4.57 Å². The van der Waals surface area contributed by atoms with Gasteiger partial charge in [-0.1, -0.05) is 13.8 Å². The summed E-state index contributed by atoms with van der Waals surface area (Å²) in [5.74, 6) is 0.175. The van der Waals surface area contributed by atoms with Crippen LogP contribution in [0.4, 0.5) is 11.5 Å². The molecule has 1 aromatic heterocycles. The summed E-state index contributed by atoms with van der Waals surface area (Å²) in [4.78, 5) is 25.0. The van der Waals surface area contributed by atoms with Crippen molar-refractivity contribution < 1.29 is 5.11 Å². The highest BCUT2D eigenvalue weighted by molar-refractivity contribution is 5.60. The monoisotopic (exact) mass is 242 g/mol. The molecule has 7 nitrogen and oxygen atoms in total. The maximum atomic E-state index is 11.6. The minimum atomic E-state index is -0.579. The first kappa shape index (κ1) is 13.3. The Morgan fingerprint density at radius 1 is 1.47 bits per heavy atom. The number of nitrogen functional groups attached to an aromatic ring is 1. The van der Waals surface area contributed by atoms with Gasteiger partial charge >= 0.3 is 5.69 Å². The number of rotatable bonds is 4. The van der Waals surface area contributed by atoms with Crippen molar-refractivity contribution in [2.45, 2.75) is 19.9 Å². The van der Waals surface area contributed by atoms with Gasteiger partial charge in [0.15, 0.2) is 0 Å². The predicted octanol–water partition coefficient (Wildman–Crippen LogP) is -0.915. The van der Waals surface area contributed by atoms with E-state index >= 15 is 0 Å². The highest BCUT2D eigenvalue weighted by atomic mass is 16.3. The number of H-pyrrole nitrogens is 1. The van der Waals surface area contributed by atoms with Crippen LogP contribution in [-0.2, 0) is 7.05 Å². The van der Waals surface area contributed by atoms with Gasteiger partial charge in [-0.2, -0.15) is 0 Å². The molecule has 0 saturated heterocycles. The van der Waals surface area contributed by atoms with E-state index in [4.69, 9.17) is 5.73 Å². The number of nitrogens with one attached hydrogen (secondary N) is 2. The Balaban J connectivity index is 3.20. The summed E-state index contributed by atoms with van der Waals surface area (Å²) in [5.41, 5.74) is 4.65. The number of anilines is 2. The number of aromatic nitrogens is 2. The molecule has 5 N–H and O–H groups in total. The zero-order chi connectivity index (χ0) is 13.2. The molecule has 1 rings (SSSR count). The summed E-state index contributed by atoms with van der Waals surface area (Å²) in [6.07, 6.45) is 0. The first-order chi connectivity index (χ1) is 7.88. The summed E-state index contributed by atoms with van der Waals surface area (Å²) in [7, 11) is 1.46. The van der Waals surface area contributed by atoms with E-state index in [2.05, 4.69) is 10.3 Å². The van der Waals surface area contributed by atoms with E-state index in [0.29, 0.717) is 0 Å². The fourth-order valence-corrected chi connectivity index (χ4v) is 1.38. The normalized spacial score (nSPS) is 12.8. The molecule has 0 aliphatic heterocycles. The molecule has 1 atom stereocenters. The third kappa shape index (κ3) is 2.68. The van der Waals surface area contributed by atoms with Crippen LogP contribution in [0.3, 0.4) is 0 Å². The van der Waals surface area contributed by atoms with Gasteiger partial charge in [0.1, 0.15) is 11.5 Å². The molecule has 0 bridgehead atoms. The summed E-state index contributed by atoms with van der Waals surface area (Å²) < 4.78 is 1.14. The van der Waals surface area contributed by atoms with E-state index in [9.17, 15) is 14.7 Å². The van der Waals surface area contributed by atoms with Gasteiger partial charge < -0.3 is 16.2 Å². The number of aliphatic hydroxyl groups is 1. The van der Waals surface area contributed by atoms with Crippen molar-refractivity contribution in [3.8, 4) is 0 Å². The largest absolute Gasteiger partial charge is 0.394 e.